The molecule has 0 aliphatic heterocycles. The lowest BCUT2D eigenvalue weighted by molar-refractivity contribution is -0.120. The standard InChI is InChI=1S/C18H21N3O4/c1-2-4-16(22)21-15-6-3-5-13(9-15)10-19-17(23)11-20-18(24)14-7-8-25-12-14/h3,5-9,12H,2,4,10-11H2,1H3,(H,19,23)(H,20,24)(H,21,22). The zero-order chi connectivity index (χ0) is 18.1. The fourth-order valence-corrected chi connectivity index (χ4v) is 2.13. The van der Waals surface area contributed by atoms with Crippen molar-refractivity contribution in [3.8, 4) is 0 Å². The van der Waals surface area contributed by atoms with Crippen molar-refractivity contribution in [3.05, 3.63) is 54.0 Å². The van der Waals surface area contributed by atoms with E-state index in [2.05, 4.69) is 16.0 Å². The smallest absolute Gasteiger partial charge is 0.254 e. The Balaban J connectivity index is 1.77. The van der Waals surface area contributed by atoms with E-state index in [-0.39, 0.29) is 24.3 Å². The molecule has 0 fully saturated rings. The van der Waals surface area contributed by atoms with Crippen LogP contribution in [0.1, 0.15) is 35.7 Å². The highest BCUT2D eigenvalue weighted by molar-refractivity contribution is 5.96. The molecule has 0 saturated carbocycles. The Morgan fingerprint density at radius 3 is 2.64 bits per heavy atom. The SMILES string of the molecule is CCCC(=O)Nc1cccc(CNC(=O)CNC(=O)c2ccoc2)c1. The van der Waals surface area contributed by atoms with E-state index in [9.17, 15) is 14.4 Å². The largest absolute Gasteiger partial charge is 0.472 e. The summed E-state index contributed by atoms with van der Waals surface area (Å²) in [7, 11) is 0. The van der Waals surface area contributed by atoms with Gasteiger partial charge in [-0.3, -0.25) is 14.4 Å². The van der Waals surface area contributed by atoms with Crippen molar-refractivity contribution in [1.29, 1.82) is 0 Å². The summed E-state index contributed by atoms with van der Waals surface area (Å²) in [5.74, 6) is -0.715. The molecule has 0 saturated heterocycles. The molecule has 1 heterocycles. The van der Waals surface area contributed by atoms with Gasteiger partial charge in [-0.15, -0.1) is 0 Å². The minimum Gasteiger partial charge on any atom is -0.472 e. The van der Waals surface area contributed by atoms with E-state index < -0.39 is 0 Å². The van der Waals surface area contributed by atoms with Crippen molar-refractivity contribution in [1.82, 2.24) is 10.6 Å². The van der Waals surface area contributed by atoms with Crippen LogP contribution in [0.4, 0.5) is 5.69 Å². The van der Waals surface area contributed by atoms with Crippen molar-refractivity contribution in [2.24, 2.45) is 0 Å². The van der Waals surface area contributed by atoms with E-state index in [4.69, 9.17) is 4.42 Å². The minimum absolute atomic E-state index is 0.0364. The van der Waals surface area contributed by atoms with Gasteiger partial charge in [0.2, 0.25) is 11.8 Å². The van der Waals surface area contributed by atoms with Crippen LogP contribution in [0.5, 0.6) is 0 Å². The Labute approximate surface area is 145 Å². The molecular formula is C18H21N3O4. The lowest BCUT2D eigenvalue weighted by atomic mass is 10.2. The maximum Gasteiger partial charge on any atom is 0.254 e. The van der Waals surface area contributed by atoms with Gasteiger partial charge in [0.05, 0.1) is 18.4 Å². The van der Waals surface area contributed by atoms with E-state index in [1.54, 1.807) is 12.1 Å². The number of nitrogens with one attached hydrogen (secondary N) is 3. The first-order chi connectivity index (χ1) is 12.1. The van der Waals surface area contributed by atoms with Crippen molar-refractivity contribution in [2.75, 3.05) is 11.9 Å². The topological polar surface area (TPSA) is 100 Å². The molecule has 2 aromatic rings. The monoisotopic (exact) mass is 343 g/mol. The first-order valence-electron chi connectivity index (χ1n) is 8.04. The van der Waals surface area contributed by atoms with Crippen LogP contribution in [0.15, 0.2) is 47.3 Å². The quantitative estimate of drug-likeness (QED) is 0.683. The number of hydrogen-bond donors (Lipinski definition) is 3. The molecule has 1 aromatic carbocycles. The highest BCUT2D eigenvalue weighted by Gasteiger charge is 2.09. The van der Waals surface area contributed by atoms with Crippen LogP contribution in [0.2, 0.25) is 0 Å². The summed E-state index contributed by atoms with van der Waals surface area (Å²) in [6, 6.07) is 8.77. The molecule has 0 aliphatic carbocycles. The van der Waals surface area contributed by atoms with E-state index in [0.717, 1.165) is 12.0 Å². The summed E-state index contributed by atoms with van der Waals surface area (Å²) >= 11 is 0. The lowest BCUT2D eigenvalue weighted by Crippen LogP contribution is -2.36. The number of furan rings is 1. The molecule has 25 heavy (non-hydrogen) atoms. The zero-order valence-electron chi connectivity index (χ0n) is 14.0. The van der Waals surface area contributed by atoms with Gasteiger partial charge in [0.1, 0.15) is 6.26 Å². The van der Waals surface area contributed by atoms with Crippen LogP contribution in [0.3, 0.4) is 0 Å². The number of amides is 3. The van der Waals surface area contributed by atoms with Gasteiger partial charge in [-0.25, -0.2) is 0 Å². The summed E-state index contributed by atoms with van der Waals surface area (Å²) in [6.45, 7) is 2.12. The fourth-order valence-electron chi connectivity index (χ4n) is 2.13. The van der Waals surface area contributed by atoms with Crippen LogP contribution in [-0.2, 0) is 16.1 Å². The molecule has 3 amide bonds. The molecule has 0 radical (unpaired) electrons. The molecule has 0 atom stereocenters. The summed E-state index contributed by atoms with van der Waals surface area (Å²) < 4.78 is 4.81. The lowest BCUT2D eigenvalue weighted by Gasteiger charge is -2.09. The summed E-state index contributed by atoms with van der Waals surface area (Å²) in [4.78, 5) is 35.1. The average molecular weight is 343 g/mol. The van der Waals surface area contributed by atoms with Crippen molar-refractivity contribution < 1.29 is 18.8 Å². The van der Waals surface area contributed by atoms with Gasteiger partial charge in [0, 0.05) is 18.7 Å². The molecular weight excluding hydrogens is 322 g/mol. The zero-order valence-corrected chi connectivity index (χ0v) is 14.0. The molecule has 2 rings (SSSR count). The van der Waals surface area contributed by atoms with Gasteiger partial charge in [0.15, 0.2) is 0 Å². The minimum atomic E-state index is -0.371. The van der Waals surface area contributed by atoms with Gasteiger partial charge in [0.25, 0.3) is 5.91 Å². The Morgan fingerprint density at radius 1 is 1.08 bits per heavy atom. The van der Waals surface area contributed by atoms with Gasteiger partial charge in [-0.05, 0) is 30.2 Å². The number of hydrogen-bond acceptors (Lipinski definition) is 4. The molecule has 0 spiro atoms. The number of rotatable bonds is 8. The molecule has 132 valence electrons. The second-order valence-electron chi connectivity index (χ2n) is 5.47. The second kappa shape index (κ2) is 9.27. The Hall–Kier alpha value is -3.09. The Kier molecular flexibility index (Phi) is 6.76. The molecule has 0 aliphatic rings. The first kappa shape index (κ1) is 18.3. The number of carbonyl (C=O) groups is 3. The third-order valence-corrected chi connectivity index (χ3v) is 3.37. The van der Waals surface area contributed by atoms with E-state index in [0.29, 0.717) is 24.2 Å². The molecule has 3 N–H and O–H groups in total. The van der Waals surface area contributed by atoms with Crippen molar-refractivity contribution in [3.63, 3.8) is 0 Å². The normalized spacial score (nSPS) is 10.1. The molecule has 0 bridgehead atoms. The molecule has 7 nitrogen and oxygen atoms in total. The van der Waals surface area contributed by atoms with Crippen LogP contribution < -0.4 is 16.0 Å². The van der Waals surface area contributed by atoms with Crippen LogP contribution >= 0.6 is 0 Å². The molecule has 7 heteroatoms. The summed E-state index contributed by atoms with van der Waals surface area (Å²) in [5.41, 5.74) is 1.91. The summed E-state index contributed by atoms with van der Waals surface area (Å²) in [5, 5.41) is 8.03. The summed E-state index contributed by atoms with van der Waals surface area (Å²) in [6.07, 6.45) is 3.95. The number of benzene rings is 1. The third-order valence-electron chi connectivity index (χ3n) is 3.37. The van der Waals surface area contributed by atoms with E-state index in [1.807, 2.05) is 19.1 Å². The Morgan fingerprint density at radius 2 is 1.92 bits per heavy atom. The predicted octanol–water partition coefficient (Wildman–Crippen LogP) is 2.06. The number of carbonyl (C=O) groups excluding carboxylic acids is 3. The maximum absolute atomic E-state index is 11.8. The maximum atomic E-state index is 11.8. The van der Waals surface area contributed by atoms with E-state index >= 15 is 0 Å². The fraction of sp³-hybridized carbons (Fsp3) is 0.278. The third kappa shape index (κ3) is 6.14. The van der Waals surface area contributed by atoms with Crippen LogP contribution in [0.25, 0.3) is 0 Å². The van der Waals surface area contributed by atoms with Gasteiger partial charge in [-0.2, -0.15) is 0 Å². The first-order valence-corrected chi connectivity index (χ1v) is 8.04. The van der Waals surface area contributed by atoms with Gasteiger partial charge < -0.3 is 20.4 Å². The van der Waals surface area contributed by atoms with Crippen molar-refractivity contribution >= 4 is 23.4 Å². The van der Waals surface area contributed by atoms with Gasteiger partial charge in [-0.1, -0.05) is 19.1 Å². The van der Waals surface area contributed by atoms with Gasteiger partial charge >= 0.3 is 0 Å². The van der Waals surface area contributed by atoms with Crippen LogP contribution in [0, 0.1) is 0 Å². The number of anilines is 1. The highest BCUT2D eigenvalue weighted by atomic mass is 16.3. The highest BCUT2D eigenvalue weighted by Crippen LogP contribution is 2.11. The van der Waals surface area contributed by atoms with Crippen molar-refractivity contribution in [2.45, 2.75) is 26.3 Å². The van der Waals surface area contributed by atoms with Crippen LogP contribution in [-0.4, -0.2) is 24.3 Å². The molecule has 1 aromatic heterocycles. The Bertz CT molecular complexity index is 726. The van der Waals surface area contributed by atoms with E-state index in [1.165, 1.54) is 18.6 Å². The molecule has 0 unspecified atom stereocenters. The predicted molar refractivity (Wildman–Crippen MR) is 92.9 cm³/mol. The average Bonchev–Trinajstić information content (AvgIpc) is 3.13. The second-order valence-corrected chi connectivity index (χ2v) is 5.47.